The Morgan fingerprint density at radius 2 is 2.21 bits per heavy atom. The third-order valence-corrected chi connectivity index (χ3v) is 3.99. The van der Waals surface area contributed by atoms with E-state index in [2.05, 4.69) is 26.0 Å². The molecular formula is C9H14BrN3O. The van der Waals surface area contributed by atoms with Crippen LogP contribution in [0.25, 0.3) is 0 Å². The van der Waals surface area contributed by atoms with Crippen molar-refractivity contribution in [1.82, 2.24) is 14.8 Å². The van der Waals surface area contributed by atoms with Gasteiger partial charge in [0.15, 0.2) is 0 Å². The van der Waals surface area contributed by atoms with Gasteiger partial charge in [-0.3, -0.25) is 4.68 Å². The van der Waals surface area contributed by atoms with Crippen LogP contribution in [-0.2, 0) is 11.3 Å². The molecule has 2 heterocycles. The van der Waals surface area contributed by atoms with Crippen LogP contribution in [0.3, 0.4) is 0 Å². The summed E-state index contributed by atoms with van der Waals surface area (Å²) in [7, 11) is 0. The van der Waals surface area contributed by atoms with E-state index in [4.69, 9.17) is 4.74 Å². The largest absolute Gasteiger partial charge is 0.381 e. The zero-order valence-electron chi connectivity index (χ0n) is 8.03. The van der Waals surface area contributed by atoms with Crippen molar-refractivity contribution in [2.24, 2.45) is 5.41 Å². The number of nitrogens with zero attached hydrogens (tertiary/aromatic N) is 3. The van der Waals surface area contributed by atoms with Gasteiger partial charge in [-0.05, 0) is 12.8 Å². The number of aromatic nitrogens is 3. The van der Waals surface area contributed by atoms with Gasteiger partial charge in [-0.2, -0.15) is 5.10 Å². The van der Waals surface area contributed by atoms with E-state index < -0.39 is 0 Å². The van der Waals surface area contributed by atoms with Crippen molar-refractivity contribution < 1.29 is 4.74 Å². The Balaban J connectivity index is 2.04. The molecule has 0 unspecified atom stereocenters. The molecule has 0 bridgehead atoms. The van der Waals surface area contributed by atoms with Gasteiger partial charge in [0, 0.05) is 30.5 Å². The second-order valence-electron chi connectivity index (χ2n) is 3.84. The van der Waals surface area contributed by atoms with E-state index in [9.17, 15) is 0 Å². The van der Waals surface area contributed by atoms with Crippen molar-refractivity contribution in [3.63, 3.8) is 0 Å². The van der Waals surface area contributed by atoms with Crippen LogP contribution >= 0.6 is 15.9 Å². The highest BCUT2D eigenvalue weighted by Gasteiger charge is 2.32. The lowest BCUT2D eigenvalue weighted by molar-refractivity contribution is 0.0169. The second kappa shape index (κ2) is 4.40. The number of hydrogen-bond donors (Lipinski definition) is 0. The zero-order valence-corrected chi connectivity index (χ0v) is 9.61. The maximum absolute atomic E-state index is 5.38. The Hall–Kier alpha value is -0.420. The minimum Gasteiger partial charge on any atom is -0.381 e. The van der Waals surface area contributed by atoms with Gasteiger partial charge in [0.05, 0.1) is 0 Å². The number of hydrogen-bond acceptors (Lipinski definition) is 3. The van der Waals surface area contributed by atoms with E-state index in [0.717, 1.165) is 37.9 Å². The molecule has 0 N–H and O–H groups in total. The molecule has 2 rings (SSSR count). The molecule has 0 radical (unpaired) electrons. The van der Waals surface area contributed by atoms with Crippen molar-refractivity contribution in [1.29, 1.82) is 0 Å². The topological polar surface area (TPSA) is 39.9 Å². The molecule has 14 heavy (non-hydrogen) atoms. The molecule has 0 aliphatic carbocycles. The van der Waals surface area contributed by atoms with Crippen molar-refractivity contribution in [3.8, 4) is 0 Å². The monoisotopic (exact) mass is 259 g/mol. The van der Waals surface area contributed by atoms with E-state index in [0.29, 0.717) is 5.41 Å². The Bertz CT molecular complexity index is 270. The van der Waals surface area contributed by atoms with Gasteiger partial charge < -0.3 is 4.74 Å². The van der Waals surface area contributed by atoms with Crippen molar-refractivity contribution in [2.45, 2.75) is 19.4 Å². The fourth-order valence-corrected chi connectivity index (χ4v) is 2.53. The first kappa shape index (κ1) is 10.1. The minimum atomic E-state index is 0.298. The van der Waals surface area contributed by atoms with Crippen LogP contribution in [0.5, 0.6) is 0 Å². The van der Waals surface area contributed by atoms with E-state index in [-0.39, 0.29) is 0 Å². The van der Waals surface area contributed by atoms with Crippen LogP contribution in [0, 0.1) is 5.41 Å². The van der Waals surface area contributed by atoms with Crippen molar-refractivity contribution >= 4 is 15.9 Å². The first-order valence-corrected chi connectivity index (χ1v) is 5.93. The molecule has 0 amide bonds. The number of ether oxygens (including phenoxy) is 1. The quantitative estimate of drug-likeness (QED) is 0.772. The summed E-state index contributed by atoms with van der Waals surface area (Å²) in [6.07, 6.45) is 5.55. The standard InChI is InChI=1S/C9H14BrN3O/c10-5-9(1-3-14-4-2-9)6-13-8-11-7-12-13/h7-8H,1-6H2. The third kappa shape index (κ3) is 2.15. The van der Waals surface area contributed by atoms with Crippen LogP contribution in [0.15, 0.2) is 12.7 Å². The fourth-order valence-electron chi connectivity index (χ4n) is 1.80. The fraction of sp³-hybridized carbons (Fsp3) is 0.778. The number of alkyl halides is 1. The Morgan fingerprint density at radius 3 is 2.79 bits per heavy atom. The van der Waals surface area contributed by atoms with Gasteiger partial charge in [-0.25, -0.2) is 4.98 Å². The summed E-state index contributed by atoms with van der Waals surface area (Å²) >= 11 is 3.60. The third-order valence-electron chi connectivity index (χ3n) is 2.80. The van der Waals surface area contributed by atoms with Gasteiger partial charge in [0.2, 0.25) is 0 Å². The molecule has 1 aliphatic heterocycles. The van der Waals surface area contributed by atoms with E-state index in [1.807, 2.05) is 4.68 Å². The lowest BCUT2D eigenvalue weighted by atomic mass is 9.82. The smallest absolute Gasteiger partial charge is 0.137 e. The predicted octanol–water partition coefficient (Wildman–Crippen LogP) is 1.47. The van der Waals surface area contributed by atoms with Crippen LogP contribution in [-0.4, -0.2) is 33.3 Å². The summed E-state index contributed by atoms with van der Waals surface area (Å²) < 4.78 is 7.29. The molecule has 0 spiro atoms. The highest BCUT2D eigenvalue weighted by atomic mass is 79.9. The maximum atomic E-state index is 5.38. The van der Waals surface area contributed by atoms with Crippen LogP contribution in [0.4, 0.5) is 0 Å². The molecule has 4 nitrogen and oxygen atoms in total. The van der Waals surface area contributed by atoms with Crippen LogP contribution < -0.4 is 0 Å². The highest BCUT2D eigenvalue weighted by Crippen LogP contribution is 2.33. The second-order valence-corrected chi connectivity index (χ2v) is 4.40. The normalized spacial score (nSPS) is 20.9. The first-order chi connectivity index (χ1) is 6.85. The Morgan fingerprint density at radius 1 is 1.43 bits per heavy atom. The summed E-state index contributed by atoms with van der Waals surface area (Å²) in [4.78, 5) is 3.96. The van der Waals surface area contributed by atoms with Crippen LogP contribution in [0.1, 0.15) is 12.8 Å². The highest BCUT2D eigenvalue weighted by molar-refractivity contribution is 9.09. The molecule has 0 saturated carbocycles. The van der Waals surface area contributed by atoms with Gasteiger partial charge in [-0.1, -0.05) is 15.9 Å². The number of halogens is 1. The number of rotatable bonds is 3. The first-order valence-electron chi connectivity index (χ1n) is 4.81. The van der Waals surface area contributed by atoms with Gasteiger partial charge in [-0.15, -0.1) is 0 Å². The molecule has 0 atom stereocenters. The van der Waals surface area contributed by atoms with E-state index in [1.165, 1.54) is 0 Å². The minimum absolute atomic E-state index is 0.298. The molecule has 1 fully saturated rings. The van der Waals surface area contributed by atoms with E-state index in [1.54, 1.807) is 12.7 Å². The molecular weight excluding hydrogens is 246 g/mol. The molecule has 5 heteroatoms. The summed E-state index contributed by atoms with van der Waals surface area (Å²) in [6, 6.07) is 0. The summed E-state index contributed by atoms with van der Waals surface area (Å²) in [5, 5.41) is 5.15. The van der Waals surface area contributed by atoms with Gasteiger partial charge in [0.1, 0.15) is 12.7 Å². The lowest BCUT2D eigenvalue weighted by Gasteiger charge is -2.35. The average Bonchev–Trinajstić information content (AvgIpc) is 2.72. The molecule has 78 valence electrons. The Kier molecular flexibility index (Phi) is 3.18. The molecule has 1 saturated heterocycles. The lowest BCUT2D eigenvalue weighted by Crippen LogP contribution is -2.35. The summed E-state index contributed by atoms with van der Waals surface area (Å²) in [6.45, 7) is 2.65. The van der Waals surface area contributed by atoms with E-state index >= 15 is 0 Å². The van der Waals surface area contributed by atoms with Crippen molar-refractivity contribution in [2.75, 3.05) is 18.5 Å². The average molecular weight is 260 g/mol. The predicted molar refractivity (Wildman–Crippen MR) is 56.3 cm³/mol. The SMILES string of the molecule is BrCC1(Cn2cncn2)CCOCC1. The van der Waals surface area contributed by atoms with Crippen LogP contribution in [0.2, 0.25) is 0 Å². The zero-order chi connectivity index (χ0) is 9.86. The van der Waals surface area contributed by atoms with Crippen molar-refractivity contribution in [3.05, 3.63) is 12.7 Å². The maximum Gasteiger partial charge on any atom is 0.137 e. The molecule has 0 aromatic carbocycles. The summed E-state index contributed by atoms with van der Waals surface area (Å²) in [5.74, 6) is 0. The molecule has 1 aromatic rings. The molecule has 1 aromatic heterocycles. The Labute approximate surface area is 91.8 Å². The summed E-state index contributed by atoms with van der Waals surface area (Å²) in [5.41, 5.74) is 0.298. The van der Waals surface area contributed by atoms with Gasteiger partial charge >= 0.3 is 0 Å². The van der Waals surface area contributed by atoms with Gasteiger partial charge in [0.25, 0.3) is 0 Å². The molecule has 1 aliphatic rings.